The van der Waals surface area contributed by atoms with Crippen molar-refractivity contribution in [3.63, 3.8) is 0 Å². The molecule has 0 atom stereocenters. The number of pyridine rings is 1. The predicted octanol–water partition coefficient (Wildman–Crippen LogP) is 17.7. The fraction of sp³-hybridized carbons (Fsp3) is 0.356. The minimum atomic E-state index is -5.41. The van der Waals surface area contributed by atoms with E-state index in [0.717, 1.165) is 34.2 Å². The van der Waals surface area contributed by atoms with Crippen LogP contribution in [0, 0.1) is 93.8 Å². The van der Waals surface area contributed by atoms with E-state index in [2.05, 4.69) is 151 Å². The van der Waals surface area contributed by atoms with Crippen molar-refractivity contribution in [2.24, 2.45) is 9.98 Å². The van der Waals surface area contributed by atoms with Gasteiger partial charge in [-0.05, 0) is 71.9 Å². The molecule has 0 saturated heterocycles. The Labute approximate surface area is 477 Å². The zero-order valence-electron chi connectivity index (χ0n) is 47.9. The van der Waals surface area contributed by atoms with Crippen molar-refractivity contribution in [2.75, 3.05) is 0 Å². The number of para-hydroxylation sites is 2. The van der Waals surface area contributed by atoms with Crippen LogP contribution in [0.5, 0.6) is 0 Å². The summed E-state index contributed by atoms with van der Waals surface area (Å²) in [6, 6.07) is 19.2. The van der Waals surface area contributed by atoms with Crippen molar-refractivity contribution in [2.45, 2.75) is 138 Å². The van der Waals surface area contributed by atoms with E-state index in [9.17, 15) is 65.9 Å². The minimum Gasteiger partial charge on any atom is -0.342 e. The maximum absolute atomic E-state index is 14.6. The van der Waals surface area contributed by atoms with Crippen LogP contribution in [0.4, 0.5) is 77.2 Å². The number of aliphatic imine (C=N–C) groups is 2. The van der Waals surface area contributed by atoms with Gasteiger partial charge in [-0.15, -0.1) is 24.5 Å². The van der Waals surface area contributed by atoms with Crippen LogP contribution >= 0.6 is 0 Å². The first-order valence-corrected chi connectivity index (χ1v) is 32.8. The summed E-state index contributed by atoms with van der Waals surface area (Å²) < 4.78 is 212. The van der Waals surface area contributed by atoms with E-state index in [-0.39, 0.29) is 23.9 Å². The first-order valence-electron chi connectivity index (χ1n) is 25.7. The van der Waals surface area contributed by atoms with Crippen LogP contribution in [-0.4, -0.2) is 38.7 Å². The normalized spacial score (nSPS) is 12.5. The Kier molecular flexibility index (Phi) is 23.5. The average Bonchev–Trinajstić information content (AvgIpc) is 3.53. The summed E-state index contributed by atoms with van der Waals surface area (Å²) in [5.74, 6) is -43.5. The summed E-state index contributed by atoms with van der Waals surface area (Å²) in [6.07, 6.45) is -5.41. The summed E-state index contributed by atoms with van der Waals surface area (Å²) in [5.41, 5.74) is 4.47. The number of rotatable bonds is 13. The second-order valence-electron chi connectivity index (χ2n) is 23.1. The van der Waals surface area contributed by atoms with Gasteiger partial charge in [0.2, 0.25) is 0 Å². The maximum Gasteiger partial charge on any atom is 2.00 e. The number of hydrogen-bond donors (Lipinski definition) is 0. The van der Waals surface area contributed by atoms with Crippen LogP contribution < -0.4 is 16.4 Å². The molecule has 5 aromatic carbocycles. The molecule has 0 aliphatic rings. The number of halogens is 15. The Balaban J connectivity index is 0.000000365. The number of nitrogens with zero attached hydrogens (tertiary/aromatic N) is 3. The zero-order valence-corrected chi connectivity index (χ0v) is 51.0. The summed E-state index contributed by atoms with van der Waals surface area (Å²) in [6.45, 7) is 37.9. The molecule has 0 amide bonds. The van der Waals surface area contributed by atoms with Crippen molar-refractivity contribution in [1.82, 2.24) is 4.98 Å². The average molecular weight is 1220 g/mol. The Hall–Kier alpha value is -5.44. The first kappa shape index (κ1) is 69.8. The van der Waals surface area contributed by atoms with E-state index in [1.807, 2.05) is 12.1 Å². The molecule has 0 fully saturated rings. The molecule has 6 rings (SSSR count). The molecule has 3 nitrogen and oxygen atoms in total. The van der Waals surface area contributed by atoms with Gasteiger partial charge in [-0.1, -0.05) is 136 Å². The van der Waals surface area contributed by atoms with E-state index in [1.54, 1.807) is 0 Å². The molecule has 1 heterocycles. The predicted molar refractivity (Wildman–Crippen MR) is 297 cm³/mol. The smallest absolute Gasteiger partial charge is 0.342 e. The molecule has 0 N–H and O–H groups in total. The third kappa shape index (κ3) is 15.2. The van der Waals surface area contributed by atoms with Gasteiger partial charge in [-0.2, -0.15) is 6.82 Å². The Bertz CT molecular complexity index is 2940. The molecule has 0 bridgehead atoms. The van der Waals surface area contributed by atoms with Crippen LogP contribution in [0.3, 0.4) is 0 Å². The molecule has 22 heteroatoms. The molecule has 0 aliphatic heterocycles. The van der Waals surface area contributed by atoms with E-state index in [1.165, 1.54) is 27.9 Å². The second kappa shape index (κ2) is 27.3. The van der Waals surface area contributed by atoms with Crippen molar-refractivity contribution < 1.29 is 82.9 Å². The molecule has 0 unspecified atom stereocenters. The van der Waals surface area contributed by atoms with Gasteiger partial charge in [0.1, 0.15) is 41.0 Å². The monoisotopic (exact) mass is 1220 g/mol. The van der Waals surface area contributed by atoms with Crippen molar-refractivity contribution in [3.05, 3.63) is 182 Å². The van der Waals surface area contributed by atoms with Gasteiger partial charge in [0.15, 0.2) is 52.4 Å². The van der Waals surface area contributed by atoms with Gasteiger partial charge in [-0.3, -0.25) is 9.98 Å². The van der Waals surface area contributed by atoms with Gasteiger partial charge >= 0.3 is 17.1 Å². The second-order valence-corrected chi connectivity index (χ2v) is 34.0. The summed E-state index contributed by atoms with van der Waals surface area (Å²) in [4.78, 5) is 15.3. The largest absolute Gasteiger partial charge is 2.00 e. The molecule has 440 valence electrons. The summed E-state index contributed by atoms with van der Waals surface area (Å²) in [7, 11) is -1.77. The molecule has 81 heavy (non-hydrogen) atoms. The molecule has 0 radical (unpaired) electrons. The van der Waals surface area contributed by atoms with Gasteiger partial charge in [0.25, 0.3) is 0 Å². The fourth-order valence-electron chi connectivity index (χ4n) is 9.82. The molecule has 0 spiro atoms. The molecule has 1 aromatic heterocycles. The fourth-order valence-corrected chi connectivity index (χ4v) is 21.3. The zero-order chi connectivity index (χ0) is 61.2. The Morgan fingerprint density at radius 3 is 0.815 bits per heavy atom. The van der Waals surface area contributed by atoms with Crippen LogP contribution in [0.1, 0.15) is 127 Å². The minimum absolute atomic E-state index is 0. The summed E-state index contributed by atoms with van der Waals surface area (Å²) in [5, 5.41) is 0. The van der Waals surface area contributed by atoms with Gasteiger partial charge in [0.05, 0.1) is 34.2 Å². The van der Waals surface area contributed by atoms with Crippen molar-refractivity contribution in [1.29, 1.82) is 0 Å². The van der Waals surface area contributed by atoms with Crippen LogP contribution in [0.15, 0.2) is 64.6 Å². The SMILES string of the molecule is CC(=Nc1c(C(C)C)cccc1C(C)C)c1cccc(C(C)=Nc2c(C(C)C)cccc2C(C)C)n1.C[B-](c1c(F)c(F)c(F)c(F)c1F)(c1c(F)c(F)c(F)c(F)c1F)c1c(F)c(F)c(F)c(F)c1F.[CH2-][Si](C)(C)C[Si](C)(C)C.[Fe+2]. The first-order chi connectivity index (χ1) is 36.7. The summed E-state index contributed by atoms with van der Waals surface area (Å²) >= 11 is 0. The van der Waals surface area contributed by atoms with Gasteiger partial charge in [0, 0.05) is 8.07 Å². The van der Waals surface area contributed by atoms with E-state index in [4.69, 9.17) is 15.0 Å². The molecular weight excluding hydrogens is 1160 g/mol. The van der Waals surface area contributed by atoms with Crippen LogP contribution in [0.2, 0.25) is 45.2 Å². The van der Waals surface area contributed by atoms with Crippen LogP contribution in [-0.2, 0) is 17.1 Å². The quantitative estimate of drug-likeness (QED) is 0.0284. The number of aromatic nitrogens is 1. The Morgan fingerprint density at radius 1 is 0.420 bits per heavy atom. The molecule has 6 aromatic rings. The van der Waals surface area contributed by atoms with Gasteiger partial charge < -0.3 is 6.55 Å². The number of benzene rings is 5. The van der Waals surface area contributed by atoms with Crippen molar-refractivity contribution in [3.8, 4) is 0 Å². The van der Waals surface area contributed by atoms with E-state index in [0.29, 0.717) is 23.7 Å². The molecule has 0 aliphatic carbocycles. The molecular formula is C59H65BF15FeN3Si2. The number of hydrogen-bond acceptors (Lipinski definition) is 3. The third-order valence-corrected chi connectivity index (χ3v) is 21.3. The third-order valence-electron chi connectivity index (χ3n) is 13.2. The van der Waals surface area contributed by atoms with E-state index >= 15 is 0 Å². The molecule has 0 saturated carbocycles. The standard InChI is InChI=1S/C33H43N3.C19H3BF15.C7H19Si2.Fe/c1-20(2)26-14-11-15-27(21(3)4)32(26)34-24(9)30-18-13-19-31(36-30)25(10)35-33-28(22(5)6)16-12-17-29(33)23(7)8;1-20(2-5(21)11(27)17(33)12(28)6(2)22,3-7(23)13(29)18(34)14(30)8(3)24)4-9(25)15(31)19(35)16(32)10(4)26;1-8(2,3)7-9(4,5)6;/h11-23H,1-10H3;1H3;1,7H2,2-6H3;/q;2*-1;+2. The Morgan fingerprint density at radius 2 is 0.630 bits per heavy atom. The topological polar surface area (TPSA) is 37.6 Å². The van der Waals surface area contributed by atoms with E-state index < -0.39 is 126 Å². The van der Waals surface area contributed by atoms with Crippen LogP contribution in [0.25, 0.3) is 0 Å². The maximum atomic E-state index is 14.6. The van der Waals surface area contributed by atoms with Crippen molar-refractivity contribution >= 4 is 61.5 Å². The van der Waals surface area contributed by atoms with Gasteiger partial charge in [-0.25, -0.2) is 70.8 Å².